The zero-order valence-corrected chi connectivity index (χ0v) is 11.2. The second-order valence-corrected chi connectivity index (χ2v) is 6.03. The third kappa shape index (κ3) is 11.5. The summed E-state index contributed by atoms with van der Waals surface area (Å²) in [6, 6.07) is 0. The van der Waals surface area contributed by atoms with Gasteiger partial charge in [0.05, 0.1) is 12.2 Å². The van der Waals surface area contributed by atoms with Gasteiger partial charge in [0.1, 0.15) is 9.84 Å². The Morgan fingerprint density at radius 3 is 2.22 bits per heavy atom. The van der Waals surface area contributed by atoms with Crippen molar-refractivity contribution in [2.75, 3.05) is 32.1 Å². The monoisotopic (exact) mass is 289 g/mol. The zero-order chi connectivity index (χ0) is 14.2. The van der Waals surface area contributed by atoms with Gasteiger partial charge in [0, 0.05) is 26.4 Å². The van der Waals surface area contributed by atoms with E-state index >= 15 is 0 Å². The molecule has 0 fully saturated rings. The molecule has 0 radical (unpaired) electrons. The summed E-state index contributed by atoms with van der Waals surface area (Å²) < 4.78 is 57.3. The minimum Gasteiger partial charge on any atom is -0.356 e. The standard InChI is InChI=1S/C9H18F3N3O2S/c1-13-8(15-6-4-9(10,11)12)14-5-3-7-18(2,16)17/h3-7H2,1-2H3,(H2,13,14,15). The third-order valence-corrected chi connectivity index (χ3v) is 2.94. The molecule has 18 heavy (non-hydrogen) atoms. The third-order valence-electron chi connectivity index (χ3n) is 1.91. The van der Waals surface area contributed by atoms with Gasteiger partial charge in [-0.1, -0.05) is 0 Å². The zero-order valence-electron chi connectivity index (χ0n) is 10.3. The van der Waals surface area contributed by atoms with E-state index < -0.39 is 22.4 Å². The molecular formula is C9H18F3N3O2S. The highest BCUT2D eigenvalue weighted by Gasteiger charge is 2.26. The van der Waals surface area contributed by atoms with Crippen molar-refractivity contribution in [3.05, 3.63) is 0 Å². The number of hydrogen-bond acceptors (Lipinski definition) is 3. The quantitative estimate of drug-likeness (QED) is 0.425. The van der Waals surface area contributed by atoms with Gasteiger partial charge in [0.2, 0.25) is 0 Å². The summed E-state index contributed by atoms with van der Waals surface area (Å²) in [4.78, 5) is 3.72. The van der Waals surface area contributed by atoms with Crippen LogP contribution < -0.4 is 10.6 Å². The van der Waals surface area contributed by atoms with Gasteiger partial charge in [0.15, 0.2) is 5.96 Å². The van der Waals surface area contributed by atoms with Crippen molar-refractivity contribution in [2.45, 2.75) is 19.0 Å². The van der Waals surface area contributed by atoms with Crippen LogP contribution in [-0.2, 0) is 9.84 Å². The van der Waals surface area contributed by atoms with E-state index in [2.05, 4.69) is 15.6 Å². The van der Waals surface area contributed by atoms with E-state index in [1.165, 1.54) is 7.05 Å². The van der Waals surface area contributed by atoms with E-state index in [4.69, 9.17) is 0 Å². The van der Waals surface area contributed by atoms with Gasteiger partial charge in [-0.2, -0.15) is 13.2 Å². The lowest BCUT2D eigenvalue weighted by atomic mass is 10.4. The molecule has 0 spiro atoms. The molecule has 9 heteroatoms. The van der Waals surface area contributed by atoms with Gasteiger partial charge in [-0.05, 0) is 6.42 Å². The van der Waals surface area contributed by atoms with Crippen molar-refractivity contribution in [2.24, 2.45) is 4.99 Å². The average molecular weight is 289 g/mol. The number of sulfone groups is 1. The lowest BCUT2D eigenvalue weighted by Gasteiger charge is -2.12. The predicted molar refractivity (Wildman–Crippen MR) is 64.4 cm³/mol. The normalized spacial score (nSPS) is 13.5. The molecule has 0 aliphatic carbocycles. The highest BCUT2D eigenvalue weighted by atomic mass is 32.2. The van der Waals surface area contributed by atoms with Gasteiger partial charge in [-0.15, -0.1) is 0 Å². The number of aliphatic imine (C=N–C) groups is 1. The van der Waals surface area contributed by atoms with E-state index in [1.54, 1.807) is 0 Å². The van der Waals surface area contributed by atoms with Crippen LogP contribution in [0.5, 0.6) is 0 Å². The summed E-state index contributed by atoms with van der Waals surface area (Å²) in [7, 11) is -1.58. The van der Waals surface area contributed by atoms with E-state index in [0.29, 0.717) is 13.0 Å². The van der Waals surface area contributed by atoms with E-state index in [1.807, 2.05) is 0 Å². The Bertz CT molecular complexity index is 366. The fraction of sp³-hybridized carbons (Fsp3) is 0.889. The lowest BCUT2D eigenvalue weighted by Crippen LogP contribution is -2.39. The van der Waals surface area contributed by atoms with Crippen LogP contribution in [0.4, 0.5) is 13.2 Å². The summed E-state index contributed by atoms with van der Waals surface area (Å²) in [5.41, 5.74) is 0. The van der Waals surface area contributed by atoms with Gasteiger partial charge in [-0.25, -0.2) is 8.42 Å². The summed E-state index contributed by atoms with van der Waals surface area (Å²) in [6.07, 6.45) is -3.65. The van der Waals surface area contributed by atoms with Crippen LogP contribution in [0.2, 0.25) is 0 Å². The maximum atomic E-state index is 11.9. The molecule has 0 aliphatic heterocycles. The second kappa shape index (κ2) is 7.45. The molecule has 0 aromatic carbocycles. The van der Waals surface area contributed by atoms with Crippen LogP contribution in [0, 0.1) is 0 Å². The van der Waals surface area contributed by atoms with E-state index in [9.17, 15) is 21.6 Å². The van der Waals surface area contributed by atoms with Crippen LogP contribution in [0.3, 0.4) is 0 Å². The SMILES string of the molecule is CN=C(NCCCS(C)(=O)=O)NCCC(F)(F)F. The first-order valence-corrected chi connectivity index (χ1v) is 7.39. The number of nitrogens with zero attached hydrogens (tertiary/aromatic N) is 1. The minimum atomic E-state index is -4.21. The van der Waals surface area contributed by atoms with Gasteiger partial charge in [0.25, 0.3) is 0 Å². The van der Waals surface area contributed by atoms with Crippen molar-refractivity contribution >= 4 is 15.8 Å². The first-order valence-electron chi connectivity index (χ1n) is 5.33. The molecule has 5 nitrogen and oxygen atoms in total. The van der Waals surface area contributed by atoms with Crippen molar-refractivity contribution in [1.29, 1.82) is 0 Å². The molecule has 0 aromatic rings. The van der Waals surface area contributed by atoms with Crippen LogP contribution in [0.15, 0.2) is 4.99 Å². The minimum absolute atomic E-state index is 0.0273. The number of nitrogens with one attached hydrogen (secondary N) is 2. The molecule has 0 saturated carbocycles. The van der Waals surface area contributed by atoms with Crippen molar-refractivity contribution in [3.63, 3.8) is 0 Å². The van der Waals surface area contributed by atoms with Crippen molar-refractivity contribution < 1.29 is 21.6 Å². The summed E-state index contributed by atoms with van der Waals surface area (Å²) >= 11 is 0. The molecular weight excluding hydrogens is 271 g/mol. The molecule has 108 valence electrons. The highest BCUT2D eigenvalue weighted by molar-refractivity contribution is 7.90. The number of guanidine groups is 1. The second-order valence-electron chi connectivity index (χ2n) is 3.77. The molecule has 0 atom stereocenters. The molecule has 0 unspecified atom stereocenters. The van der Waals surface area contributed by atoms with Crippen LogP contribution in [-0.4, -0.2) is 52.7 Å². The van der Waals surface area contributed by atoms with E-state index in [0.717, 1.165) is 6.26 Å². The smallest absolute Gasteiger partial charge is 0.356 e. The molecule has 0 heterocycles. The highest BCUT2D eigenvalue weighted by Crippen LogP contribution is 2.17. The molecule has 0 aliphatic rings. The Kier molecular flexibility index (Phi) is 7.04. The van der Waals surface area contributed by atoms with Gasteiger partial charge >= 0.3 is 6.18 Å². The molecule has 0 saturated heterocycles. The predicted octanol–water partition coefficient (Wildman–Crippen LogP) is 0.538. The van der Waals surface area contributed by atoms with Crippen LogP contribution >= 0.6 is 0 Å². The average Bonchev–Trinajstić information content (AvgIpc) is 2.18. The maximum Gasteiger partial charge on any atom is 0.390 e. The molecule has 0 rings (SSSR count). The molecule has 2 N–H and O–H groups in total. The van der Waals surface area contributed by atoms with Crippen molar-refractivity contribution in [1.82, 2.24) is 10.6 Å². The van der Waals surface area contributed by atoms with Crippen LogP contribution in [0.1, 0.15) is 12.8 Å². The molecule has 0 amide bonds. The maximum absolute atomic E-state index is 11.9. The lowest BCUT2D eigenvalue weighted by molar-refractivity contribution is -0.132. The largest absolute Gasteiger partial charge is 0.390 e. The van der Waals surface area contributed by atoms with Crippen LogP contribution in [0.25, 0.3) is 0 Å². The number of rotatable bonds is 6. The van der Waals surface area contributed by atoms with Crippen molar-refractivity contribution in [3.8, 4) is 0 Å². The fourth-order valence-electron chi connectivity index (χ4n) is 1.08. The summed E-state index contributed by atoms with van der Waals surface area (Å²) in [6.45, 7) is 0.0635. The van der Waals surface area contributed by atoms with Gasteiger partial charge < -0.3 is 10.6 Å². The Labute approximate surface area is 105 Å². The first kappa shape index (κ1) is 17.0. The summed E-state index contributed by atoms with van der Waals surface area (Å²) in [5, 5.41) is 5.23. The fourth-order valence-corrected chi connectivity index (χ4v) is 1.75. The Morgan fingerprint density at radius 1 is 1.22 bits per heavy atom. The van der Waals surface area contributed by atoms with Gasteiger partial charge in [-0.3, -0.25) is 4.99 Å². The number of alkyl halides is 3. The number of hydrogen-bond donors (Lipinski definition) is 2. The topological polar surface area (TPSA) is 70.6 Å². The Balaban J connectivity index is 3.79. The Morgan fingerprint density at radius 2 is 1.78 bits per heavy atom. The molecule has 0 bridgehead atoms. The first-order chi connectivity index (χ1) is 8.14. The number of halogens is 3. The summed E-state index contributed by atoms with van der Waals surface area (Å²) in [5.74, 6) is 0.257. The molecule has 0 aromatic heterocycles. The van der Waals surface area contributed by atoms with E-state index in [-0.39, 0.29) is 18.3 Å². The Hall–Kier alpha value is -0.990.